The summed E-state index contributed by atoms with van der Waals surface area (Å²) in [4.78, 5) is 2.41. The third-order valence-electron chi connectivity index (χ3n) is 4.90. The molecule has 1 aromatic heterocycles. The molecule has 4 nitrogen and oxygen atoms in total. The number of aromatic nitrogens is 3. The molecule has 2 fully saturated rings. The highest BCUT2D eigenvalue weighted by Gasteiger charge is 2.30. The molecule has 1 aliphatic carbocycles. The van der Waals surface area contributed by atoms with E-state index in [9.17, 15) is 0 Å². The van der Waals surface area contributed by atoms with Crippen molar-refractivity contribution in [2.24, 2.45) is 11.8 Å². The molecule has 5 heteroatoms. The fourth-order valence-corrected chi connectivity index (χ4v) is 3.76. The molecule has 0 radical (unpaired) electrons. The second kappa shape index (κ2) is 5.27. The third-order valence-corrected chi connectivity index (χ3v) is 5.18. The highest BCUT2D eigenvalue weighted by atomic mass is 32.1. The fraction of sp³-hybridized carbons (Fsp3) is 0.857. The third kappa shape index (κ3) is 2.45. The Hall–Kier alpha value is -0.840. The molecule has 0 aromatic carbocycles. The molecule has 1 saturated carbocycles. The van der Waals surface area contributed by atoms with Gasteiger partial charge in [0, 0.05) is 19.1 Å². The van der Waals surface area contributed by atoms with Gasteiger partial charge in [0.15, 0.2) is 4.77 Å². The molecule has 1 aromatic rings. The second-order valence-electron chi connectivity index (χ2n) is 6.35. The van der Waals surface area contributed by atoms with Crippen molar-refractivity contribution in [3.05, 3.63) is 4.77 Å². The molecule has 0 amide bonds. The van der Waals surface area contributed by atoms with Crippen molar-refractivity contribution in [3.63, 3.8) is 0 Å². The van der Waals surface area contributed by atoms with Crippen molar-refractivity contribution in [3.8, 4) is 0 Å². The summed E-state index contributed by atoms with van der Waals surface area (Å²) < 4.78 is 3.09. The number of H-pyrrole nitrogens is 1. The summed E-state index contributed by atoms with van der Waals surface area (Å²) in [6.45, 7) is 6.87. The van der Waals surface area contributed by atoms with Crippen LogP contribution in [0.1, 0.15) is 52.0 Å². The molecule has 2 heterocycles. The number of hydrogen-bond donors (Lipinski definition) is 1. The fourth-order valence-electron chi connectivity index (χ4n) is 3.48. The molecular weight excluding hydrogens is 256 g/mol. The number of anilines is 1. The Morgan fingerprint density at radius 1 is 1.11 bits per heavy atom. The maximum Gasteiger partial charge on any atom is 0.225 e. The molecule has 1 aliphatic heterocycles. The second-order valence-corrected chi connectivity index (χ2v) is 6.74. The first-order chi connectivity index (χ1) is 9.16. The number of nitrogens with zero attached hydrogens (tertiary/aromatic N) is 3. The molecule has 2 unspecified atom stereocenters. The maximum atomic E-state index is 5.47. The van der Waals surface area contributed by atoms with Crippen molar-refractivity contribution in [1.29, 1.82) is 0 Å². The summed E-state index contributed by atoms with van der Waals surface area (Å²) in [6.07, 6.45) is 6.52. The van der Waals surface area contributed by atoms with Gasteiger partial charge in [-0.05, 0) is 36.9 Å². The number of aromatic amines is 1. The monoisotopic (exact) mass is 280 g/mol. The van der Waals surface area contributed by atoms with E-state index in [1.54, 1.807) is 0 Å². The van der Waals surface area contributed by atoms with Crippen LogP contribution in [0.2, 0.25) is 0 Å². The normalized spacial score (nSPS) is 29.1. The van der Waals surface area contributed by atoms with Crippen LogP contribution in [0.3, 0.4) is 0 Å². The van der Waals surface area contributed by atoms with Crippen LogP contribution in [0.15, 0.2) is 0 Å². The van der Waals surface area contributed by atoms with Crippen molar-refractivity contribution in [2.75, 3.05) is 18.0 Å². The Kier molecular flexibility index (Phi) is 3.65. The number of rotatable bonds is 2. The zero-order valence-corrected chi connectivity index (χ0v) is 12.7. The van der Waals surface area contributed by atoms with E-state index < -0.39 is 0 Å². The lowest BCUT2D eigenvalue weighted by Gasteiger charge is -2.27. The topological polar surface area (TPSA) is 36.9 Å². The lowest BCUT2D eigenvalue weighted by molar-refractivity contribution is 0.350. The van der Waals surface area contributed by atoms with Gasteiger partial charge in [-0.25, -0.2) is 5.10 Å². The minimum atomic E-state index is 0.557. The predicted molar refractivity (Wildman–Crippen MR) is 80.1 cm³/mol. The zero-order valence-electron chi connectivity index (χ0n) is 11.9. The van der Waals surface area contributed by atoms with Gasteiger partial charge in [-0.3, -0.25) is 4.57 Å². The lowest BCUT2D eigenvalue weighted by Crippen LogP contribution is -2.26. The summed E-state index contributed by atoms with van der Waals surface area (Å²) in [7, 11) is 0. The lowest BCUT2D eigenvalue weighted by atomic mass is 9.95. The van der Waals surface area contributed by atoms with Gasteiger partial charge < -0.3 is 4.90 Å². The molecule has 1 N–H and O–H groups in total. The van der Waals surface area contributed by atoms with Crippen LogP contribution in [0.4, 0.5) is 5.95 Å². The Morgan fingerprint density at radius 3 is 2.37 bits per heavy atom. The van der Waals surface area contributed by atoms with Gasteiger partial charge in [-0.15, -0.1) is 5.10 Å². The Labute approximate surface area is 120 Å². The minimum absolute atomic E-state index is 0.557. The standard InChI is InChI=1S/C14H24N4S/c1-10-8-17(9-11(10)2)13-15-16-14(19)18(13)12-6-4-3-5-7-12/h10-12H,3-9H2,1-2H3,(H,16,19). The molecule has 2 atom stereocenters. The van der Waals surface area contributed by atoms with Crippen LogP contribution >= 0.6 is 12.2 Å². The quantitative estimate of drug-likeness (QED) is 0.842. The summed E-state index contributed by atoms with van der Waals surface area (Å²) in [5.74, 6) is 2.56. The first-order valence-corrected chi connectivity index (χ1v) is 7.99. The van der Waals surface area contributed by atoms with Crippen LogP contribution in [0.5, 0.6) is 0 Å². The molecular formula is C14H24N4S. The van der Waals surface area contributed by atoms with Crippen LogP contribution in [0.25, 0.3) is 0 Å². The Bertz CT molecular complexity index is 476. The van der Waals surface area contributed by atoms with Gasteiger partial charge in [0.2, 0.25) is 5.95 Å². The van der Waals surface area contributed by atoms with Gasteiger partial charge in [0.05, 0.1) is 0 Å². The molecule has 2 aliphatic rings. The Balaban J connectivity index is 1.88. The SMILES string of the molecule is CC1CN(c2n[nH]c(=S)n2C2CCCCC2)CC1C. The maximum absolute atomic E-state index is 5.47. The first kappa shape index (κ1) is 13.2. The molecule has 106 valence electrons. The summed E-state index contributed by atoms with van der Waals surface area (Å²) in [5.41, 5.74) is 0. The predicted octanol–water partition coefficient (Wildman–Crippen LogP) is 3.54. The first-order valence-electron chi connectivity index (χ1n) is 7.58. The van der Waals surface area contributed by atoms with Crippen molar-refractivity contribution in [1.82, 2.24) is 14.8 Å². The number of nitrogens with one attached hydrogen (secondary N) is 1. The molecule has 19 heavy (non-hydrogen) atoms. The van der Waals surface area contributed by atoms with Crippen LogP contribution in [-0.2, 0) is 0 Å². The zero-order chi connectivity index (χ0) is 13.4. The van der Waals surface area contributed by atoms with E-state index in [1.807, 2.05) is 0 Å². The largest absolute Gasteiger partial charge is 0.340 e. The van der Waals surface area contributed by atoms with Gasteiger partial charge in [-0.1, -0.05) is 33.1 Å². The number of hydrogen-bond acceptors (Lipinski definition) is 3. The van der Waals surface area contributed by atoms with Gasteiger partial charge in [0.1, 0.15) is 0 Å². The summed E-state index contributed by atoms with van der Waals surface area (Å²) in [6, 6.07) is 0.557. The van der Waals surface area contributed by atoms with E-state index in [0.717, 1.165) is 35.6 Å². The van der Waals surface area contributed by atoms with Crippen LogP contribution in [0, 0.1) is 16.6 Å². The highest BCUT2D eigenvalue weighted by Crippen LogP contribution is 2.33. The molecule has 0 bridgehead atoms. The highest BCUT2D eigenvalue weighted by molar-refractivity contribution is 7.71. The average molecular weight is 280 g/mol. The molecule has 0 spiro atoms. The van der Waals surface area contributed by atoms with Gasteiger partial charge in [-0.2, -0.15) is 0 Å². The minimum Gasteiger partial charge on any atom is -0.340 e. The smallest absolute Gasteiger partial charge is 0.225 e. The summed E-state index contributed by atoms with van der Waals surface area (Å²) in [5, 5.41) is 7.53. The van der Waals surface area contributed by atoms with E-state index in [2.05, 4.69) is 33.5 Å². The molecule has 1 saturated heterocycles. The van der Waals surface area contributed by atoms with E-state index in [0.29, 0.717) is 6.04 Å². The summed E-state index contributed by atoms with van der Waals surface area (Å²) >= 11 is 5.47. The van der Waals surface area contributed by atoms with E-state index in [4.69, 9.17) is 12.2 Å². The molecule has 3 rings (SSSR count). The van der Waals surface area contributed by atoms with Crippen LogP contribution < -0.4 is 4.90 Å². The average Bonchev–Trinajstić information content (AvgIpc) is 2.95. The van der Waals surface area contributed by atoms with E-state index in [1.165, 1.54) is 32.1 Å². The van der Waals surface area contributed by atoms with Crippen LogP contribution in [-0.4, -0.2) is 27.9 Å². The van der Waals surface area contributed by atoms with Gasteiger partial charge >= 0.3 is 0 Å². The van der Waals surface area contributed by atoms with Crippen molar-refractivity contribution >= 4 is 18.2 Å². The Morgan fingerprint density at radius 2 is 1.74 bits per heavy atom. The van der Waals surface area contributed by atoms with Crippen molar-refractivity contribution < 1.29 is 0 Å². The van der Waals surface area contributed by atoms with E-state index in [-0.39, 0.29) is 0 Å². The van der Waals surface area contributed by atoms with E-state index >= 15 is 0 Å². The van der Waals surface area contributed by atoms with Gasteiger partial charge in [0.25, 0.3) is 0 Å². The van der Waals surface area contributed by atoms with Crippen molar-refractivity contribution in [2.45, 2.75) is 52.0 Å².